The first-order chi connectivity index (χ1) is 10.2. The summed E-state index contributed by atoms with van der Waals surface area (Å²) in [6.07, 6.45) is 0. The first kappa shape index (κ1) is 15.8. The molecule has 0 heterocycles. The summed E-state index contributed by atoms with van der Waals surface area (Å²) in [6.45, 7) is 3.78. The molecule has 0 radical (unpaired) electrons. The lowest BCUT2D eigenvalue weighted by Gasteiger charge is -2.12. The lowest BCUT2D eigenvalue weighted by molar-refractivity contribution is 0.119. The molecule has 2 aromatic rings. The summed E-state index contributed by atoms with van der Waals surface area (Å²) in [4.78, 5) is 2.10. The van der Waals surface area contributed by atoms with Gasteiger partial charge in [-0.3, -0.25) is 0 Å². The Labute approximate surface area is 126 Å². The van der Waals surface area contributed by atoms with Crippen LogP contribution in [0.3, 0.4) is 0 Å². The van der Waals surface area contributed by atoms with Gasteiger partial charge in [0.2, 0.25) is 0 Å². The molecule has 2 N–H and O–H groups in total. The van der Waals surface area contributed by atoms with Gasteiger partial charge in [0.1, 0.15) is 5.75 Å². The average molecular weight is 288 g/mol. The van der Waals surface area contributed by atoms with Crippen LogP contribution >= 0.6 is 0 Å². The molecule has 0 spiro atoms. The van der Waals surface area contributed by atoms with E-state index >= 15 is 0 Å². The number of ether oxygens (including phenoxy) is 1. The van der Waals surface area contributed by atoms with Crippen molar-refractivity contribution in [3.63, 3.8) is 0 Å². The molecule has 2 aromatic carbocycles. The zero-order valence-electron chi connectivity index (χ0n) is 12.8. The lowest BCUT2D eigenvalue weighted by atomic mass is 10.0. The Morgan fingerprint density at radius 1 is 1.10 bits per heavy atom. The van der Waals surface area contributed by atoms with Gasteiger partial charge in [-0.15, -0.1) is 0 Å². The molecule has 2 rings (SSSR count). The van der Waals surface area contributed by atoms with Gasteiger partial charge in [0.05, 0.1) is 13.2 Å². The SMILES string of the molecule is CN(C)CCOCCNCc1c(O)ccc2ccccc12. The zero-order chi connectivity index (χ0) is 15.1. The van der Waals surface area contributed by atoms with Crippen molar-refractivity contribution in [1.29, 1.82) is 0 Å². The van der Waals surface area contributed by atoms with E-state index in [1.54, 1.807) is 6.07 Å². The predicted molar refractivity (Wildman–Crippen MR) is 86.7 cm³/mol. The first-order valence-electron chi connectivity index (χ1n) is 7.31. The molecule has 4 nitrogen and oxygen atoms in total. The summed E-state index contributed by atoms with van der Waals surface area (Å²) < 4.78 is 5.53. The summed E-state index contributed by atoms with van der Waals surface area (Å²) in [6, 6.07) is 11.8. The van der Waals surface area contributed by atoms with Crippen molar-refractivity contribution >= 4 is 10.8 Å². The number of hydrogen-bond acceptors (Lipinski definition) is 4. The monoisotopic (exact) mass is 288 g/mol. The largest absolute Gasteiger partial charge is 0.508 e. The summed E-state index contributed by atoms with van der Waals surface area (Å²) in [5.74, 6) is 0.342. The minimum Gasteiger partial charge on any atom is -0.508 e. The van der Waals surface area contributed by atoms with Gasteiger partial charge in [-0.25, -0.2) is 0 Å². The molecular formula is C17H24N2O2. The summed E-state index contributed by atoms with van der Waals surface area (Å²) in [7, 11) is 4.07. The molecule has 0 unspecified atom stereocenters. The van der Waals surface area contributed by atoms with E-state index in [-0.39, 0.29) is 0 Å². The Bertz CT molecular complexity index is 570. The number of phenolic OH excluding ortho intramolecular Hbond substituents is 1. The van der Waals surface area contributed by atoms with E-state index in [4.69, 9.17) is 4.74 Å². The first-order valence-corrected chi connectivity index (χ1v) is 7.31. The van der Waals surface area contributed by atoms with Crippen LogP contribution in [0.25, 0.3) is 10.8 Å². The third kappa shape index (κ3) is 4.70. The van der Waals surface area contributed by atoms with Crippen LogP contribution in [0.15, 0.2) is 36.4 Å². The number of benzene rings is 2. The summed E-state index contributed by atoms with van der Waals surface area (Å²) in [5, 5.41) is 15.6. The molecule has 0 atom stereocenters. The van der Waals surface area contributed by atoms with E-state index in [9.17, 15) is 5.11 Å². The number of fused-ring (bicyclic) bond motifs is 1. The van der Waals surface area contributed by atoms with Gasteiger partial charge < -0.3 is 20.1 Å². The maximum atomic E-state index is 10.0. The van der Waals surface area contributed by atoms with Crippen molar-refractivity contribution < 1.29 is 9.84 Å². The molecular weight excluding hydrogens is 264 g/mol. The van der Waals surface area contributed by atoms with Gasteiger partial charge in [-0.2, -0.15) is 0 Å². The third-order valence-corrected chi connectivity index (χ3v) is 3.42. The van der Waals surface area contributed by atoms with Crippen LogP contribution in [-0.2, 0) is 11.3 Å². The Hall–Kier alpha value is -1.62. The summed E-state index contributed by atoms with van der Waals surface area (Å²) in [5.41, 5.74) is 0.946. The molecule has 0 aliphatic rings. The fourth-order valence-corrected chi connectivity index (χ4v) is 2.22. The van der Waals surface area contributed by atoms with Gasteiger partial charge in [0.25, 0.3) is 0 Å². The van der Waals surface area contributed by atoms with Crippen molar-refractivity contribution in [2.24, 2.45) is 0 Å². The Balaban J connectivity index is 1.82. The van der Waals surface area contributed by atoms with E-state index in [1.165, 1.54) is 0 Å². The minimum absolute atomic E-state index is 0.342. The number of hydrogen-bond donors (Lipinski definition) is 2. The van der Waals surface area contributed by atoms with Crippen LogP contribution in [0, 0.1) is 0 Å². The highest BCUT2D eigenvalue weighted by Crippen LogP contribution is 2.26. The minimum atomic E-state index is 0.342. The quantitative estimate of drug-likeness (QED) is 0.731. The number of phenols is 1. The molecule has 0 amide bonds. The standard InChI is InChI=1S/C17H24N2O2/c1-19(2)10-12-21-11-9-18-13-16-15-6-4-3-5-14(15)7-8-17(16)20/h3-8,18,20H,9-13H2,1-2H3. The number of aromatic hydroxyl groups is 1. The van der Waals surface area contributed by atoms with Gasteiger partial charge in [-0.1, -0.05) is 30.3 Å². The molecule has 4 heteroatoms. The van der Waals surface area contributed by atoms with Crippen molar-refractivity contribution in [3.05, 3.63) is 42.0 Å². The second-order valence-electron chi connectivity index (χ2n) is 5.38. The van der Waals surface area contributed by atoms with E-state index in [1.807, 2.05) is 38.4 Å². The van der Waals surface area contributed by atoms with E-state index in [0.29, 0.717) is 18.9 Å². The predicted octanol–water partition coefficient (Wildman–Crippen LogP) is 2.21. The highest BCUT2D eigenvalue weighted by Gasteiger charge is 2.05. The number of nitrogens with zero attached hydrogens (tertiary/aromatic N) is 1. The van der Waals surface area contributed by atoms with Crippen LogP contribution in [0.2, 0.25) is 0 Å². The average Bonchev–Trinajstić information content (AvgIpc) is 2.48. The maximum Gasteiger partial charge on any atom is 0.120 e. The van der Waals surface area contributed by atoms with Gasteiger partial charge in [-0.05, 0) is 30.9 Å². The fraction of sp³-hybridized carbons (Fsp3) is 0.412. The van der Waals surface area contributed by atoms with Crippen LogP contribution in [0.1, 0.15) is 5.56 Å². The van der Waals surface area contributed by atoms with Crippen molar-refractivity contribution in [1.82, 2.24) is 10.2 Å². The van der Waals surface area contributed by atoms with Crippen LogP contribution < -0.4 is 5.32 Å². The van der Waals surface area contributed by atoms with Crippen molar-refractivity contribution in [2.45, 2.75) is 6.54 Å². The van der Waals surface area contributed by atoms with Crippen molar-refractivity contribution in [2.75, 3.05) is 40.4 Å². The normalized spacial score (nSPS) is 11.4. The van der Waals surface area contributed by atoms with Crippen LogP contribution in [0.5, 0.6) is 5.75 Å². The molecule has 0 bridgehead atoms. The molecule has 114 valence electrons. The van der Waals surface area contributed by atoms with Gasteiger partial charge in [0, 0.05) is 25.2 Å². The molecule has 21 heavy (non-hydrogen) atoms. The third-order valence-electron chi connectivity index (χ3n) is 3.42. The van der Waals surface area contributed by atoms with E-state index in [0.717, 1.165) is 36.0 Å². The number of likely N-dealkylation sites (N-methyl/N-ethyl adjacent to an activating group) is 1. The van der Waals surface area contributed by atoms with Crippen LogP contribution in [0.4, 0.5) is 0 Å². The fourth-order valence-electron chi connectivity index (χ4n) is 2.22. The summed E-state index contributed by atoms with van der Waals surface area (Å²) >= 11 is 0. The van der Waals surface area contributed by atoms with E-state index in [2.05, 4.69) is 16.3 Å². The molecule has 0 fully saturated rings. The number of rotatable bonds is 8. The second-order valence-corrected chi connectivity index (χ2v) is 5.38. The van der Waals surface area contributed by atoms with E-state index < -0.39 is 0 Å². The molecule has 0 aromatic heterocycles. The molecule has 0 aliphatic carbocycles. The topological polar surface area (TPSA) is 44.7 Å². The number of nitrogens with one attached hydrogen (secondary N) is 1. The molecule has 0 aliphatic heterocycles. The van der Waals surface area contributed by atoms with Crippen LogP contribution in [-0.4, -0.2) is 50.4 Å². The maximum absolute atomic E-state index is 10.0. The molecule has 0 saturated heterocycles. The van der Waals surface area contributed by atoms with Gasteiger partial charge >= 0.3 is 0 Å². The van der Waals surface area contributed by atoms with Crippen molar-refractivity contribution in [3.8, 4) is 5.75 Å². The Morgan fingerprint density at radius 3 is 2.71 bits per heavy atom. The highest BCUT2D eigenvalue weighted by atomic mass is 16.5. The smallest absolute Gasteiger partial charge is 0.120 e. The van der Waals surface area contributed by atoms with Gasteiger partial charge in [0.15, 0.2) is 0 Å². The second kappa shape index (κ2) is 7.98. The molecule has 0 saturated carbocycles. The lowest BCUT2D eigenvalue weighted by Crippen LogP contribution is -2.23. The highest BCUT2D eigenvalue weighted by molar-refractivity contribution is 5.87. The Kier molecular flexibility index (Phi) is 5.99. The Morgan fingerprint density at radius 2 is 1.90 bits per heavy atom. The zero-order valence-corrected chi connectivity index (χ0v) is 12.8.